The van der Waals surface area contributed by atoms with Gasteiger partial charge in [-0.1, -0.05) is 12.1 Å². The average Bonchev–Trinajstić information content (AvgIpc) is 2.74. The molecule has 2 heterocycles. The minimum atomic E-state index is -1.13. The molecule has 0 saturated carbocycles. The molecule has 3 N–H and O–H groups in total. The first-order valence-corrected chi connectivity index (χ1v) is 9.14. The summed E-state index contributed by atoms with van der Waals surface area (Å²) in [4.78, 5) is 23.6. The van der Waals surface area contributed by atoms with E-state index in [2.05, 4.69) is 0 Å². The van der Waals surface area contributed by atoms with Gasteiger partial charge in [0.1, 0.15) is 17.2 Å². The standard InChI is InChI=1S/C21H15N3O7/c1-2-29-15-8-10(7-13(18(15)25)24(27)28)16-12(9-22)20(23)31-19-11-5-3-4-6-14(11)30-21(26)17(16)19/h3-8,16,25H,2,23H2,1H3/t16-/m1/s1. The second kappa shape index (κ2) is 7.38. The molecule has 10 heteroatoms. The summed E-state index contributed by atoms with van der Waals surface area (Å²) < 4.78 is 16.3. The summed E-state index contributed by atoms with van der Waals surface area (Å²) in [6.07, 6.45) is 0. The van der Waals surface area contributed by atoms with Crippen molar-refractivity contribution in [3.63, 3.8) is 0 Å². The Balaban J connectivity index is 2.08. The molecule has 10 nitrogen and oxygen atoms in total. The summed E-state index contributed by atoms with van der Waals surface area (Å²) in [6.45, 7) is 1.76. The normalized spacial score (nSPS) is 15.2. The lowest BCUT2D eigenvalue weighted by atomic mass is 9.83. The molecule has 0 fully saturated rings. The molecule has 1 atom stereocenters. The van der Waals surface area contributed by atoms with Crippen molar-refractivity contribution >= 4 is 16.7 Å². The first-order valence-electron chi connectivity index (χ1n) is 9.14. The molecule has 0 bridgehead atoms. The van der Waals surface area contributed by atoms with Crippen LogP contribution >= 0.6 is 0 Å². The number of benzene rings is 2. The third-order valence-electron chi connectivity index (χ3n) is 4.88. The van der Waals surface area contributed by atoms with E-state index in [4.69, 9.17) is 19.6 Å². The van der Waals surface area contributed by atoms with Gasteiger partial charge in [-0.2, -0.15) is 5.26 Å². The van der Waals surface area contributed by atoms with Crippen molar-refractivity contribution in [2.75, 3.05) is 6.61 Å². The summed E-state index contributed by atoms with van der Waals surface area (Å²) in [7, 11) is 0. The second-order valence-electron chi connectivity index (χ2n) is 6.63. The molecule has 0 unspecified atom stereocenters. The maximum Gasteiger partial charge on any atom is 0.344 e. The van der Waals surface area contributed by atoms with Gasteiger partial charge in [-0.3, -0.25) is 10.1 Å². The van der Waals surface area contributed by atoms with Crippen molar-refractivity contribution < 1.29 is 23.9 Å². The molecule has 156 valence electrons. The molecule has 0 saturated heterocycles. The highest BCUT2D eigenvalue weighted by molar-refractivity contribution is 5.86. The zero-order valence-electron chi connectivity index (χ0n) is 16.1. The monoisotopic (exact) mass is 421 g/mol. The van der Waals surface area contributed by atoms with E-state index in [9.17, 15) is 25.3 Å². The van der Waals surface area contributed by atoms with Gasteiger partial charge in [0.05, 0.1) is 28.4 Å². The number of nitrogens with two attached hydrogens (primary N) is 1. The second-order valence-corrected chi connectivity index (χ2v) is 6.63. The Morgan fingerprint density at radius 1 is 1.35 bits per heavy atom. The van der Waals surface area contributed by atoms with Crippen LogP contribution < -0.4 is 20.8 Å². The molecule has 0 radical (unpaired) electrons. The van der Waals surface area contributed by atoms with Gasteiger partial charge in [0, 0.05) is 6.07 Å². The number of rotatable bonds is 4. The highest BCUT2D eigenvalue weighted by atomic mass is 16.6. The van der Waals surface area contributed by atoms with Gasteiger partial charge < -0.3 is 24.7 Å². The fourth-order valence-electron chi connectivity index (χ4n) is 3.58. The van der Waals surface area contributed by atoms with Gasteiger partial charge in [-0.05, 0) is 30.7 Å². The Hall–Kier alpha value is -4.52. The molecule has 31 heavy (non-hydrogen) atoms. The first kappa shape index (κ1) is 19.8. The molecule has 1 aliphatic heterocycles. The fourth-order valence-corrected chi connectivity index (χ4v) is 3.58. The average molecular weight is 421 g/mol. The fraction of sp³-hybridized carbons (Fsp3) is 0.143. The summed E-state index contributed by atoms with van der Waals surface area (Å²) in [6, 6.07) is 10.9. The van der Waals surface area contributed by atoms with E-state index in [-0.39, 0.29) is 46.3 Å². The van der Waals surface area contributed by atoms with Crippen molar-refractivity contribution in [1.82, 2.24) is 0 Å². The predicted octanol–water partition coefficient (Wildman–Crippen LogP) is 3.02. The number of nitriles is 1. The molecule has 0 aliphatic carbocycles. The maximum atomic E-state index is 12.9. The van der Waals surface area contributed by atoms with Crippen molar-refractivity contribution in [1.29, 1.82) is 5.26 Å². The van der Waals surface area contributed by atoms with Crippen molar-refractivity contribution in [2.24, 2.45) is 5.73 Å². The van der Waals surface area contributed by atoms with Crippen LogP contribution in [0, 0.1) is 21.4 Å². The summed E-state index contributed by atoms with van der Waals surface area (Å²) in [5.74, 6) is -2.11. The zero-order valence-corrected chi connectivity index (χ0v) is 16.1. The number of allylic oxidation sites excluding steroid dienone is 1. The Morgan fingerprint density at radius 2 is 2.10 bits per heavy atom. The predicted molar refractivity (Wildman–Crippen MR) is 108 cm³/mol. The van der Waals surface area contributed by atoms with Gasteiger partial charge in [-0.15, -0.1) is 0 Å². The Labute approximate surface area is 174 Å². The van der Waals surface area contributed by atoms with Crippen LogP contribution in [-0.2, 0) is 0 Å². The minimum absolute atomic E-state index is 0.0353. The maximum absolute atomic E-state index is 12.9. The first-order chi connectivity index (χ1) is 14.9. The van der Waals surface area contributed by atoms with Crippen LogP contribution in [0.25, 0.3) is 11.0 Å². The van der Waals surface area contributed by atoms with E-state index < -0.39 is 27.9 Å². The molecule has 0 spiro atoms. The quantitative estimate of drug-likeness (QED) is 0.366. The van der Waals surface area contributed by atoms with Gasteiger partial charge in [0.15, 0.2) is 11.5 Å². The van der Waals surface area contributed by atoms with E-state index in [1.54, 1.807) is 31.2 Å². The van der Waals surface area contributed by atoms with Crippen LogP contribution in [-0.4, -0.2) is 16.6 Å². The molecular weight excluding hydrogens is 406 g/mol. The van der Waals surface area contributed by atoms with Gasteiger partial charge in [0.25, 0.3) is 0 Å². The number of fused-ring (bicyclic) bond motifs is 3. The minimum Gasteiger partial charge on any atom is -0.500 e. The number of phenols is 1. The Bertz CT molecular complexity index is 1370. The Kier molecular flexibility index (Phi) is 4.71. The molecule has 1 aromatic heterocycles. The number of nitro groups is 1. The van der Waals surface area contributed by atoms with E-state index >= 15 is 0 Å². The zero-order chi connectivity index (χ0) is 22.3. The number of hydrogen-bond acceptors (Lipinski definition) is 9. The van der Waals surface area contributed by atoms with E-state index in [0.717, 1.165) is 6.07 Å². The molecule has 3 aromatic rings. The van der Waals surface area contributed by atoms with Crippen LogP contribution in [0.15, 0.2) is 57.1 Å². The van der Waals surface area contributed by atoms with Crippen LogP contribution in [0.2, 0.25) is 0 Å². The summed E-state index contributed by atoms with van der Waals surface area (Å²) in [5.41, 5.74) is 4.79. The Morgan fingerprint density at radius 3 is 2.77 bits per heavy atom. The van der Waals surface area contributed by atoms with Crippen molar-refractivity contribution in [2.45, 2.75) is 12.8 Å². The largest absolute Gasteiger partial charge is 0.500 e. The SMILES string of the molecule is CCOc1cc([C@@H]2C(C#N)=C(N)Oc3c2c(=O)oc2ccccc32)cc([N+](=O)[O-])c1O. The highest BCUT2D eigenvalue weighted by Gasteiger charge is 2.37. The van der Waals surface area contributed by atoms with Crippen LogP contribution in [0.3, 0.4) is 0 Å². The van der Waals surface area contributed by atoms with Crippen molar-refractivity contribution in [3.05, 3.63) is 79.5 Å². The summed E-state index contributed by atoms with van der Waals surface area (Å²) >= 11 is 0. The molecule has 0 amide bonds. The van der Waals surface area contributed by atoms with Gasteiger partial charge in [0.2, 0.25) is 11.6 Å². The number of phenolic OH excluding ortho intramolecular Hbond substituents is 1. The molecule has 4 rings (SSSR count). The smallest absolute Gasteiger partial charge is 0.344 e. The molecule has 2 aromatic carbocycles. The van der Waals surface area contributed by atoms with Crippen LogP contribution in [0.5, 0.6) is 17.2 Å². The lowest BCUT2D eigenvalue weighted by Crippen LogP contribution is -2.26. The van der Waals surface area contributed by atoms with Crippen molar-refractivity contribution in [3.8, 4) is 23.3 Å². The number of aromatic hydroxyl groups is 1. The summed E-state index contributed by atoms with van der Waals surface area (Å²) in [5, 5.41) is 31.9. The number of nitro benzene ring substituents is 1. The van der Waals surface area contributed by atoms with Crippen LogP contribution in [0.4, 0.5) is 5.69 Å². The number of nitrogens with zero attached hydrogens (tertiary/aromatic N) is 2. The van der Waals surface area contributed by atoms with Gasteiger partial charge >= 0.3 is 11.3 Å². The third-order valence-corrected chi connectivity index (χ3v) is 4.88. The molecule has 1 aliphatic rings. The number of para-hydroxylation sites is 1. The van der Waals surface area contributed by atoms with Crippen LogP contribution in [0.1, 0.15) is 24.0 Å². The third kappa shape index (κ3) is 3.08. The van der Waals surface area contributed by atoms with E-state index in [1.807, 2.05) is 6.07 Å². The van der Waals surface area contributed by atoms with E-state index in [1.165, 1.54) is 6.07 Å². The number of ether oxygens (including phenoxy) is 2. The topological polar surface area (TPSA) is 162 Å². The molecular formula is C21H15N3O7. The lowest BCUT2D eigenvalue weighted by molar-refractivity contribution is -0.386. The number of hydrogen-bond donors (Lipinski definition) is 2. The lowest BCUT2D eigenvalue weighted by Gasteiger charge is -2.26. The highest BCUT2D eigenvalue weighted by Crippen LogP contribution is 2.47. The van der Waals surface area contributed by atoms with E-state index in [0.29, 0.717) is 5.39 Å². The van der Waals surface area contributed by atoms with Gasteiger partial charge in [-0.25, -0.2) is 4.79 Å².